The first-order valence-electron chi connectivity index (χ1n) is 11.8. The molecule has 3 rings (SSSR count). The molecule has 0 aromatic heterocycles. The molecule has 184 valence electrons. The number of nitrogens with zero attached hydrogens (tertiary/aromatic N) is 1. The molecule has 0 saturated heterocycles. The molecular formula is C29H33ClN2O3. The summed E-state index contributed by atoms with van der Waals surface area (Å²) < 4.78 is 5.99. The Balaban J connectivity index is 1.92. The first-order chi connectivity index (χ1) is 16.8. The van der Waals surface area contributed by atoms with Gasteiger partial charge in [0.05, 0.1) is 0 Å². The van der Waals surface area contributed by atoms with E-state index in [0.717, 1.165) is 27.8 Å². The number of rotatable bonds is 10. The van der Waals surface area contributed by atoms with Gasteiger partial charge in [-0.25, -0.2) is 0 Å². The van der Waals surface area contributed by atoms with Gasteiger partial charge >= 0.3 is 0 Å². The van der Waals surface area contributed by atoms with E-state index in [0.29, 0.717) is 23.7 Å². The van der Waals surface area contributed by atoms with Gasteiger partial charge in [-0.05, 0) is 73.7 Å². The van der Waals surface area contributed by atoms with Gasteiger partial charge in [0.2, 0.25) is 5.91 Å². The summed E-state index contributed by atoms with van der Waals surface area (Å²) in [5.41, 5.74) is 4.98. The summed E-state index contributed by atoms with van der Waals surface area (Å²) in [6.45, 7) is 8.41. The topological polar surface area (TPSA) is 58.6 Å². The molecular weight excluding hydrogens is 460 g/mol. The maximum Gasteiger partial charge on any atom is 0.261 e. The van der Waals surface area contributed by atoms with Gasteiger partial charge in [0.15, 0.2) is 6.61 Å². The summed E-state index contributed by atoms with van der Waals surface area (Å²) in [6, 6.07) is 20.4. The zero-order valence-electron chi connectivity index (χ0n) is 20.8. The Hall–Kier alpha value is -3.31. The number of ether oxygens (including phenoxy) is 1. The minimum Gasteiger partial charge on any atom is -0.483 e. The fourth-order valence-electron chi connectivity index (χ4n) is 4.05. The van der Waals surface area contributed by atoms with Crippen molar-refractivity contribution < 1.29 is 14.3 Å². The fraction of sp³-hybridized carbons (Fsp3) is 0.310. The molecule has 0 saturated carbocycles. The van der Waals surface area contributed by atoms with Crippen LogP contribution < -0.4 is 10.1 Å². The third-order valence-electron chi connectivity index (χ3n) is 5.98. The zero-order valence-corrected chi connectivity index (χ0v) is 21.6. The summed E-state index contributed by atoms with van der Waals surface area (Å²) in [5, 5.41) is 3.47. The lowest BCUT2D eigenvalue weighted by Gasteiger charge is -2.31. The highest BCUT2D eigenvalue weighted by Gasteiger charge is 2.30. The number of benzene rings is 3. The molecule has 0 heterocycles. The predicted octanol–water partition coefficient (Wildman–Crippen LogP) is 5.42. The number of carbonyl (C=O) groups excluding carboxylic acids is 2. The Labute approximate surface area is 213 Å². The van der Waals surface area contributed by atoms with E-state index in [1.807, 2.05) is 82.3 Å². The van der Waals surface area contributed by atoms with Crippen molar-refractivity contribution in [3.63, 3.8) is 0 Å². The van der Waals surface area contributed by atoms with Crippen molar-refractivity contribution in [3.8, 4) is 5.75 Å². The van der Waals surface area contributed by atoms with Gasteiger partial charge in [0, 0.05) is 24.5 Å². The Morgan fingerprint density at radius 3 is 2.37 bits per heavy atom. The van der Waals surface area contributed by atoms with Gasteiger partial charge in [0.1, 0.15) is 11.8 Å². The van der Waals surface area contributed by atoms with Crippen molar-refractivity contribution >= 4 is 23.4 Å². The maximum atomic E-state index is 13.6. The molecule has 0 fully saturated rings. The van der Waals surface area contributed by atoms with E-state index in [1.54, 1.807) is 11.0 Å². The SMILES string of the molecule is CCNC(=O)C(Cc1ccccc1)N(Cc1cccc(Cl)c1)C(=O)COc1cc(C)cc(C)c1C. The molecule has 1 N–H and O–H groups in total. The number of carbonyl (C=O) groups is 2. The second kappa shape index (κ2) is 12.4. The van der Waals surface area contributed by atoms with Crippen LogP contribution in [0.3, 0.4) is 0 Å². The average Bonchev–Trinajstić information content (AvgIpc) is 2.83. The minimum absolute atomic E-state index is 0.172. The molecule has 0 aliphatic rings. The van der Waals surface area contributed by atoms with Crippen molar-refractivity contribution in [3.05, 3.63) is 99.6 Å². The highest BCUT2D eigenvalue weighted by atomic mass is 35.5. The molecule has 0 aliphatic heterocycles. The normalized spacial score (nSPS) is 11.6. The van der Waals surface area contributed by atoms with Crippen LogP contribution >= 0.6 is 11.6 Å². The Morgan fingerprint density at radius 1 is 0.971 bits per heavy atom. The zero-order chi connectivity index (χ0) is 25.4. The van der Waals surface area contributed by atoms with Crippen LogP contribution in [-0.2, 0) is 22.6 Å². The number of aryl methyl sites for hydroxylation is 2. The smallest absolute Gasteiger partial charge is 0.261 e. The van der Waals surface area contributed by atoms with Crippen LogP contribution in [0, 0.1) is 20.8 Å². The second-order valence-electron chi connectivity index (χ2n) is 8.75. The van der Waals surface area contributed by atoms with Crippen molar-refractivity contribution in [1.29, 1.82) is 0 Å². The number of hydrogen-bond acceptors (Lipinski definition) is 3. The largest absolute Gasteiger partial charge is 0.483 e. The van der Waals surface area contributed by atoms with Gasteiger partial charge in [-0.3, -0.25) is 9.59 Å². The number of halogens is 1. The van der Waals surface area contributed by atoms with Crippen molar-refractivity contribution in [1.82, 2.24) is 10.2 Å². The quantitative estimate of drug-likeness (QED) is 0.411. The highest BCUT2D eigenvalue weighted by Crippen LogP contribution is 2.24. The molecule has 0 aliphatic carbocycles. The van der Waals surface area contributed by atoms with E-state index >= 15 is 0 Å². The molecule has 2 amide bonds. The van der Waals surface area contributed by atoms with Gasteiger partial charge in [-0.2, -0.15) is 0 Å². The molecule has 0 bridgehead atoms. The summed E-state index contributed by atoms with van der Waals surface area (Å²) in [7, 11) is 0. The van der Waals surface area contributed by atoms with E-state index in [4.69, 9.17) is 16.3 Å². The molecule has 6 heteroatoms. The Kier molecular flexibility index (Phi) is 9.32. The van der Waals surface area contributed by atoms with Crippen LogP contribution in [-0.4, -0.2) is 35.9 Å². The van der Waals surface area contributed by atoms with Crippen molar-refractivity contribution in [2.45, 2.75) is 46.7 Å². The maximum absolute atomic E-state index is 13.6. The standard InChI is InChI=1S/C29H33ClN2O3/c1-5-31-29(34)26(17-23-10-7-6-8-11-23)32(18-24-12-9-13-25(30)16-24)28(33)19-35-27-15-20(2)14-21(3)22(27)4/h6-16,26H,5,17-19H2,1-4H3,(H,31,34). The van der Waals surface area contributed by atoms with Gasteiger partial charge in [-0.1, -0.05) is 60.1 Å². The van der Waals surface area contributed by atoms with Crippen LogP contribution in [0.1, 0.15) is 34.7 Å². The molecule has 1 unspecified atom stereocenters. The van der Waals surface area contributed by atoms with Gasteiger partial charge < -0.3 is 15.0 Å². The fourth-order valence-corrected chi connectivity index (χ4v) is 4.26. The number of likely N-dealkylation sites (N-methyl/N-ethyl adjacent to an activating group) is 1. The van der Waals surface area contributed by atoms with Crippen LogP contribution in [0.2, 0.25) is 5.02 Å². The lowest BCUT2D eigenvalue weighted by Crippen LogP contribution is -2.51. The van der Waals surface area contributed by atoms with Crippen LogP contribution in [0.25, 0.3) is 0 Å². The third kappa shape index (κ3) is 7.33. The van der Waals surface area contributed by atoms with E-state index in [1.165, 1.54) is 0 Å². The molecule has 0 spiro atoms. The molecule has 5 nitrogen and oxygen atoms in total. The minimum atomic E-state index is -0.701. The summed E-state index contributed by atoms with van der Waals surface area (Å²) >= 11 is 6.21. The lowest BCUT2D eigenvalue weighted by atomic mass is 10.0. The summed E-state index contributed by atoms with van der Waals surface area (Å²) in [5.74, 6) is 0.209. The first kappa shape index (κ1) is 26.3. The molecule has 3 aromatic rings. The molecule has 0 radical (unpaired) electrons. The Bertz CT molecular complexity index is 1160. The monoisotopic (exact) mass is 492 g/mol. The van der Waals surface area contributed by atoms with Crippen LogP contribution in [0.5, 0.6) is 5.75 Å². The first-order valence-corrected chi connectivity index (χ1v) is 12.2. The highest BCUT2D eigenvalue weighted by molar-refractivity contribution is 6.30. The van der Waals surface area contributed by atoms with E-state index < -0.39 is 6.04 Å². The van der Waals surface area contributed by atoms with E-state index in [-0.39, 0.29) is 25.0 Å². The van der Waals surface area contributed by atoms with Crippen LogP contribution in [0.4, 0.5) is 0 Å². The lowest BCUT2D eigenvalue weighted by molar-refractivity contribution is -0.142. The van der Waals surface area contributed by atoms with Crippen molar-refractivity contribution in [2.75, 3.05) is 13.2 Å². The number of hydrogen-bond donors (Lipinski definition) is 1. The summed E-state index contributed by atoms with van der Waals surface area (Å²) in [6.07, 6.45) is 0.390. The van der Waals surface area contributed by atoms with Crippen LogP contribution in [0.15, 0.2) is 66.7 Å². The predicted molar refractivity (Wildman–Crippen MR) is 141 cm³/mol. The van der Waals surface area contributed by atoms with Gasteiger partial charge in [0.25, 0.3) is 5.91 Å². The van der Waals surface area contributed by atoms with Crippen molar-refractivity contribution in [2.24, 2.45) is 0 Å². The Morgan fingerprint density at radius 2 is 1.69 bits per heavy atom. The number of amides is 2. The molecule has 35 heavy (non-hydrogen) atoms. The van der Waals surface area contributed by atoms with Gasteiger partial charge in [-0.15, -0.1) is 0 Å². The van der Waals surface area contributed by atoms with E-state index in [2.05, 4.69) is 11.4 Å². The summed E-state index contributed by atoms with van der Waals surface area (Å²) in [4.78, 5) is 28.4. The molecule has 1 atom stereocenters. The number of nitrogens with one attached hydrogen (secondary N) is 1. The second-order valence-corrected chi connectivity index (χ2v) is 9.18. The average molecular weight is 493 g/mol. The third-order valence-corrected chi connectivity index (χ3v) is 6.21. The van der Waals surface area contributed by atoms with E-state index in [9.17, 15) is 9.59 Å². The molecule has 3 aromatic carbocycles.